The quantitative estimate of drug-likeness (QED) is 0.737. The van der Waals surface area contributed by atoms with E-state index in [4.69, 9.17) is 0 Å². The van der Waals surface area contributed by atoms with Crippen LogP contribution in [0.3, 0.4) is 0 Å². The average Bonchev–Trinajstić information content (AvgIpc) is 2.78. The van der Waals surface area contributed by atoms with Crippen molar-refractivity contribution in [2.45, 2.75) is 44.2 Å². The van der Waals surface area contributed by atoms with Gasteiger partial charge < -0.3 is 15.0 Å². The highest BCUT2D eigenvalue weighted by atomic mass is 16.3. The normalized spacial score (nSPS) is 19.8. The predicted octanol–water partition coefficient (Wildman–Crippen LogP) is 1.17. The van der Waals surface area contributed by atoms with Crippen molar-refractivity contribution in [1.29, 1.82) is 0 Å². The van der Waals surface area contributed by atoms with Crippen LogP contribution in [0.5, 0.6) is 0 Å². The van der Waals surface area contributed by atoms with Crippen molar-refractivity contribution in [3.05, 3.63) is 18.7 Å². The van der Waals surface area contributed by atoms with Crippen molar-refractivity contribution in [2.24, 2.45) is 0 Å². The first-order valence-corrected chi connectivity index (χ1v) is 6.17. The Balaban J connectivity index is 1.63. The van der Waals surface area contributed by atoms with Crippen LogP contribution in [0.15, 0.2) is 18.7 Å². The van der Waals surface area contributed by atoms with E-state index in [1.807, 2.05) is 17.1 Å². The van der Waals surface area contributed by atoms with E-state index in [9.17, 15) is 5.11 Å². The number of hydrogen-bond donors (Lipinski definition) is 2. The van der Waals surface area contributed by atoms with E-state index in [2.05, 4.69) is 10.3 Å². The largest absolute Gasteiger partial charge is 0.389 e. The van der Waals surface area contributed by atoms with Gasteiger partial charge in [-0.2, -0.15) is 0 Å². The molecule has 4 heteroatoms. The summed E-state index contributed by atoms with van der Waals surface area (Å²) < 4.78 is 2.04. The molecule has 0 spiro atoms. The molecule has 1 heterocycles. The van der Waals surface area contributed by atoms with Gasteiger partial charge in [0.05, 0.1) is 11.9 Å². The van der Waals surface area contributed by atoms with Crippen LogP contribution in [0.4, 0.5) is 0 Å². The Kier molecular flexibility index (Phi) is 3.96. The molecule has 0 atom stereocenters. The zero-order valence-electron chi connectivity index (χ0n) is 9.73. The summed E-state index contributed by atoms with van der Waals surface area (Å²) in [5.74, 6) is 0. The Morgan fingerprint density at radius 1 is 1.31 bits per heavy atom. The Bertz CT molecular complexity index is 291. The minimum Gasteiger partial charge on any atom is -0.389 e. The molecule has 1 fully saturated rings. The van der Waals surface area contributed by atoms with Crippen LogP contribution in [-0.2, 0) is 6.54 Å². The summed E-state index contributed by atoms with van der Waals surface area (Å²) in [6.45, 7) is 2.52. The van der Waals surface area contributed by atoms with E-state index in [0.29, 0.717) is 0 Å². The fourth-order valence-corrected chi connectivity index (χ4v) is 2.33. The molecule has 1 aromatic heterocycles. The summed E-state index contributed by atoms with van der Waals surface area (Å²) in [5.41, 5.74) is -0.451. The number of aliphatic hydroxyl groups is 1. The van der Waals surface area contributed by atoms with Crippen LogP contribution < -0.4 is 5.32 Å². The van der Waals surface area contributed by atoms with Gasteiger partial charge in [0.15, 0.2) is 0 Å². The van der Waals surface area contributed by atoms with Gasteiger partial charge in [0.1, 0.15) is 0 Å². The molecule has 0 amide bonds. The monoisotopic (exact) mass is 223 g/mol. The highest BCUT2D eigenvalue weighted by molar-refractivity contribution is 4.84. The first-order valence-electron chi connectivity index (χ1n) is 6.17. The second-order valence-corrected chi connectivity index (χ2v) is 4.76. The van der Waals surface area contributed by atoms with Crippen LogP contribution in [0.2, 0.25) is 0 Å². The average molecular weight is 223 g/mol. The molecule has 2 rings (SSSR count). The van der Waals surface area contributed by atoms with Gasteiger partial charge in [-0.25, -0.2) is 4.98 Å². The summed E-state index contributed by atoms with van der Waals surface area (Å²) in [6.07, 6.45) is 11.1. The number of imidazole rings is 1. The Morgan fingerprint density at radius 2 is 2.12 bits per heavy atom. The minimum atomic E-state index is -0.451. The third-order valence-electron chi connectivity index (χ3n) is 3.34. The molecule has 0 bridgehead atoms. The summed E-state index contributed by atoms with van der Waals surface area (Å²) in [5, 5.41) is 13.6. The zero-order chi connectivity index (χ0) is 11.3. The molecular weight excluding hydrogens is 202 g/mol. The van der Waals surface area contributed by atoms with Gasteiger partial charge in [-0.1, -0.05) is 19.3 Å². The minimum absolute atomic E-state index is 0.451. The summed E-state index contributed by atoms with van der Waals surface area (Å²) in [7, 11) is 0. The number of hydrogen-bond acceptors (Lipinski definition) is 3. The molecule has 0 unspecified atom stereocenters. The Labute approximate surface area is 96.7 Å². The van der Waals surface area contributed by atoms with Crippen molar-refractivity contribution < 1.29 is 5.11 Å². The van der Waals surface area contributed by atoms with Crippen LogP contribution in [0.1, 0.15) is 32.1 Å². The molecule has 1 aromatic rings. The first-order chi connectivity index (χ1) is 7.79. The molecule has 0 aliphatic heterocycles. The lowest BCUT2D eigenvalue weighted by atomic mass is 9.85. The number of nitrogens with zero attached hydrogens (tertiary/aromatic N) is 2. The number of rotatable bonds is 5. The Hall–Kier alpha value is -0.870. The third-order valence-corrected chi connectivity index (χ3v) is 3.34. The van der Waals surface area contributed by atoms with Gasteiger partial charge in [0.2, 0.25) is 0 Å². The van der Waals surface area contributed by atoms with E-state index >= 15 is 0 Å². The van der Waals surface area contributed by atoms with Crippen molar-refractivity contribution >= 4 is 0 Å². The van der Waals surface area contributed by atoms with E-state index in [1.165, 1.54) is 19.3 Å². The smallest absolute Gasteiger partial charge is 0.0946 e. The molecular formula is C12H21N3O. The maximum absolute atomic E-state index is 10.2. The summed E-state index contributed by atoms with van der Waals surface area (Å²) in [4.78, 5) is 3.99. The standard InChI is InChI=1S/C12H21N3O/c16-12(4-2-1-3-5-12)10-13-6-8-15-9-7-14-11-15/h7,9,11,13,16H,1-6,8,10H2. The molecule has 0 radical (unpaired) electrons. The summed E-state index contributed by atoms with van der Waals surface area (Å²) >= 11 is 0. The van der Waals surface area contributed by atoms with Gasteiger partial charge in [-0.05, 0) is 12.8 Å². The molecule has 1 aliphatic rings. The molecule has 2 N–H and O–H groups in total. The molecule has 4 nitrogen and oxygen atoms in total. The maximum Gasteiger partial charge on any atom is 0.0946 e. The van der Waals surface area contributed by atoms with Gasteiger partial charge in [-0.3, -0.25) is 0 Å². The lowest BCUT2D eigenvalue weighted by Crippen LogP contribution is -2.42. The van der Waals surface area contributed by atoms with Crippen LogP contribution in [0, 0.1) is 0 Å². The van der Waals surface area contributed by atoms with E-state index in [-0.39, 0.29) is 0 Å². The first kappa shape index (κ1) is 11.6. The van der Waals surface area contributed by atoms with Crippen LogP contribution >= 0.6 is 0 Å². The van der Waals surface area contributed by atoms with Gasteiger partial charge in [0, 0.05) is 32.0 Å². The lowest BCUT2D eigenvalue weighted by Gasteiger charge is -2.32. The highest BCUT2D eigenvalue weighted by Gasteiger charge is 2.28. The SMILES string of the molecule is OC1(CNCCn2ccnc2)CCCCC1. The fourth-order valence-electron chi connectivity index (χ4n) is 2.33. The van der Waals surface area contributed by atoms with Crippen molar-refractivity contribution in [3.8, 4) is 0 Å². The van der Waals surface area contributed by atoms with Crippen molar-refractivity contribution in [2.75, 3.05) is 13.1 Å². The molecule has 16 heavy (non-hydrogen) atoms. The van der Waals surface area contributed by atoms with Gasteiger partial charge >= 0.3 is 0 Å². The number of nitrogens with one attached hydrogen (secondary N) is 1. The van der Waals surface area contributed by atoms with Crippen LogP contribution in [0.25, 0.3) is 0 Å². The molecule has 0 aromatic carbocycles. The molecule has 0 saturated heterocycles. The third kappa shape index (κ3) is 3.32. The van der Waals surface area contributed by atoms with E-state index in [1.54, 1.807) is 6.20 Å². The van der Waals surface area contributed by atoms with Crippen molar-refractivity contribution in [3.63, 3.8) is 0 Å². The Morgan fingerprint density at radius 3 is 2.81 bits per heavy atom. The van der Waals surface area contributed by atoms with Gasteiger partial charge in [0.25, 0.3) is 0 Å². The lowest BCUT2D eigenvalue weighted by molar-refractivity contribution is 0.00495. The second kappa shape index (κ2) is 5.46. The molecule has 1 aliphatic carbocycles. The fraction of sp³-hybridized carbons (Fsp3) is 0.750. The maximum atomic E-state index is 10.2. The highest BCUT2D eigenvalue weighted by Crippen LogP contribution is 2.27. The van der Waals surface area contributed by atoms with Gasteiger partial charge in [-0.15, -0.1) is 0 Å². The molecule has 90 valence electrons. The van der Waals surface area contributed by atoms with Crippen LogP contribution in [-0.4, -0.2) is 33.3 Å². The van der Waals surface area contributed by atoms with E-state index in [0.717, 1.165) is 32.5 Å². The van der Waals surface area contributed by atoms with E-state index < -0.39 is 5.60 Å². The zero-order valence-corrected chi connectivity index (χ0v) is 9.73. The molecule has 1 saturated carbocycles. The second-order valence-electron chi connectivity index (χ2n) is 4.76. The summed E-state index contributed by atoms with van der Waals surface area (Å²) in [6, 6.07) is 0. The topological polar surface area (TPSA) is 50.1 Å². The number of aromatic nitrogens is 2. The predicted molar refractivity (Wildman–Crippen MR) is 63.1 cm³/mol. The van der Waals surface area contributed by atoms with Crippen molar-refractivity contribution in [1.82, 2.24) is 14.9 Å².